The molecule has 8 heteroatoms. The summed E-state index contributed by atoms with van der Waals surface area (Å²) in [6, 6.07) is 23.4. The van der Waals surface area contributed by atoms with Crippen molar-refractivity contribution in [3.8, 4) is 11.5 Å². The van der Waals surface area contributed by atoms with Gasteiger partial charge in [0.15, 0.2) is 0 Å². The number of nitrogens with one attached hydrogen (secondary N) is 1. The molecule has 0 radical (unpaired) electrons. The summed E-state index contributed by atoms with van der Waals surface area (Å²) in [6.07, 6.45) is -0.838. The molecule has 0 saturated carbocycles. The maximum absolute atomic E-state index is 13.0. The Kier molecular flexibility index (Phi) is 7.12. The lowest BCUT2D eigenvalue weighted by atomic mass is 10.1. The van der Waals surface area contributed by atoms with Crippen molar-refractivity contribution in [3.63, 3.8) is 0 Å². The molecule has 0 aliphatic carbocycles. The third-order valence-electron chi connectivity index (χ3n) is 4.24. The Bertz CT molecular complexity index is 995. The summed E-state index contributed by atoms with van der Waals surface area (Å²) in [4.78, 5) is 22.9. The van der Waals surface area contributed by atoms with E-state index in [1.54, 1.807) is 54.6 Å². The minimum atomic E-state index is -4.33. The molecule has 3 aromatic carbocycles. The van der Waals surface area contributed by atoms with Crippen molar-refractivity contribution >= 4 is 13.7 Å². The molecular formula is C22H22NO6P. The van der Waals surface area contributed by atoms with Gasteiger partial charge in [-0.25, -0.2) is 9.36 Å². The van der Waals surface area contributed by atoms with E-state index in [1.165, 1.54) is 12.1 Å². The van der Waals surface area contributed by atoms with E-state index < -0.39 is 19.5 Å². The molecule has 0 spiro atoms. The Morgan fingerprint density at radius 2 is 1.50 bits per heavy atom. The summed E-state index contributed by atoms with van der Waals surface area (Å²) in [7, 11) is -4.33. The van der Waals surface area contributed by atoms with Crippen LogP contribution < -0.4 is 9.84 Å². The number of benzene rings is 3. The summed E-state index contributed by atoms with van der Waals surface area (Å²) in [5, 5.41) is 11.9. The molecule has 0 bridgehead atoms. The van der Waals surface area contributed by atoms with Gasteiger partial charge in [-0.15, -0.1) is 0 Å². The summed E-state index contributed by atoms with van der Waals surface area (Å²) < 4.78 is 23.5. The monoisotopic (exact) mass is 427 g/mol. The third-order valence-corrected chi connectivity index (χ3v) is 5.81. The molecule has 0 aromatic heterocycles. The number of rotatable bonds is 8. The van der Waals surface area contributed by atoms with Crippen molar-refractivity contribution in [2.45, 2.75) is 18.8 Å². The standard InChI is InChI=1S/C22H22NO6P/c24-19-13-11-17(12-14-19)15-21(30(26,27)29-20-9-5-2-6-10-20)23-22(25)28-16-18-7-3-1-4-8-18/h1-14,21,24H,15-16H2,(H,23,25)(H,26,27). The second-order valence-corrected chi connectivity index (χ2v) is 8.50. The van der Waals surface area contributed by atoms with Gasteiger partial charge in [0.25, 0.3) is 0 Å². The van der Waals surface area contributed by atoms with Gasteiger partial charge in [-0.3, -0.25) is 0 Å². The Labute approximate surface area is 174 Å². The first-order valence-corrected chi connectivity index (χ1v) is 10.9. The van der Waals surface area contributed by atoms with Crippen LogP contribution in [-0.2, 0) is 22.3 Å². The number of ether oxygens (including phenoxy) is 1. The Morgan fingerprint density at radius 1 is 0.900 bits per heavy atom. The molecule has 156 valence electrons. The normalized spacial score (nSPS) is 13.6. The molecule has 30 heavy (non-hydrogen) atoms. The average Bonchev–Trinajstić information content (AvgIpc) is 2.74. The predicted octanol–water partition coefficient (Wildman–Crippen LogP) is 4.45. The van der Waals surface area contributed by atoms with Crippen LogP contribution in [-0.4, -0.2) is 21.9 Å². The highest BCUT2D eigenvalue weighted by Crippen LogP contribution is 2.47. The summed E-state index contributed by atoms with van der Waals surface area (Å²) in [6.45, 7) is 0.0217. The third kappa shape index (κ3) is 6.37. The van der Waals surface area contributed by atoms with Gasteiger partial charge in [0.05, 0.1) is 0 Å². The van der Waals surface area contributed by atoms with Crippen LogP contribution in [0.1, 0.15) is 11.1 Å². The maximum Gasteiger partial charge on any atom is 0.408 e. The van der Waals surface area contributed by atoms with E-state index in [1.807, 2.05) is 18.2 Å². The number of carbonyl (C=O) groups is 1. The van der Waals surface area contributed by atoms with Gasteiger partial charge in [-0.1, -0.05) is 60.7 Å². The van der Waals surface area contributed by atoms with E-state index >= 15 is 0 Å². The number of para-hydroxylation sites is 1. The van der Waals surface area contributed by atoms with Crippen LogP contribution in [0.3, 0.4) is 0 Å². The molecule has 2 unspecified atom stereocenters. The summed E-state index contributed by atoms with van der Waals surface area (Å²) in [5.41, 5.74) is 1.42. The largest absolute Gasteiger partial charge is 0.508 e. The zero-order valence-electron chi connectivity index (χ0n) is 16.0. The maximum atomic E-state index is 13.0. The predicted molar refractivity (Wildman–Crippen MR) is 112 cm³/mol. The van der Waals surface area contributed by atoms with Gasteiger partial charge in [0, 0.05) is 6.42 Å². The fourth-order valence-electron chi connectivity index (χ4n) is 2.70. The van der Waals surface area contributed by atoms with Crippen molar-refractivity contribution in [1.29, 1.82) is 0 Å². The quantitative estimate of drug-likeness (QED) is 0.459. The van der Waals surface area contributed by atoms with Crippen LogP contribution in [0, 0.1) is 0 Å². The van der Waals surface area contributed by atoms with E-state index in [0.717, 1.165) is 5.56 Å². The molecule has 0 heterocycles. The number of amides is 1. The SMILES string of the molecule is O=C(NC(Cc1ccc(O)cc1)P(=O)(O)Oc1ccccc1)OCc1ccccc1. The molecule has 1 amide bonds. The zero-order chi connectivity index (χ0) is 21.4. The van der Waals surface area contributed by atoms with Crippen molar-refractivity contribution < 1.29 is 28.6 Å². The van der Waals surface area contributed by atoms with Gasteiger partial charge >= 0.3 is 13.7 Å². The lowest BCUT2D eigenvalue weighted by molar-refractivity contribution is 0.137. The molecule has 0 saturated heterocycles. The first kappa shape index (κ1) is 21.4. The minimum absolute atomic E-state index is 0.00132. The van der Waals surface area contributed by atoms with Crippen LogP contribution in [0.2, 0.25) is 0 Å². The van der Waals surface area contributed by atoms with Crippen LogP contribution >= 0.6 is 7.60 Å². The highest BCUT2D eigenvalue weighted by atomic mass is 31.2. The van der Waals surface area contributed by atoms with Crippen LogP contribution in [0.4, 0.5) is 4.79 Å². The molecule has 0 aliphatic heterocycles. The fourth-order valence-corrected chi connectivity index (χ4v) is 3.96. The van der Waals surface area contributed by atoms with Gasteiger partial charge in [0.2, 0.25) is 0 Å². The van der Waals surface area contributed by atoms with Gasteiger partial charge in [-0.05, 0) is 35.4 Å². The van der Waals surface area contributed by atoms with E-state index in [2.05, 4.69) is 5.32 Å². The molecule has 0 fully saturated rings. The Hall–Kier alpha value is -3.28. The van der Waals surface area contributed by atoms with Crippen molar-refractivity contribution in [2.24, 2.45) is 0 Å². The number of carbonyl (C=O) groups excluding carboxylic acids is 1. The van der Waals surface area contributed by atoms with Gasteiger partial charge < -0.3 is 24.6 Å². The first-order valence-electron chi connectivity index (χ1n) is 9.24. The molecule has 3 N–H and O–H groups in total. The lowest BCUT2D eigenvalue weighted by Gasteiger charge is -2.24. The van der Waals surface area contributed by atoms with Crippen LogP contribution in [0.15, 0.2) is 84.9 Å². The molecule has 2 atom stereocenters. The second-order valence-electron chi connectivity index (χ2n) is 6.56. The van der Waals surface area contributed by atoms with Crippen molar-refractivity contribution in [2.75, 3.05) is 0 Å². The smallest absolute Gasteiger partial charge is 0.408 e. The first-order chi connectivity index (χ1) is 14.4. The Morgan fingerprint density at radius 3 is 2.13 bits per heavy atom. The molecule has 3 rings (SSSR count). The summed E-state index contributed by atoms with van der Waals surface area (Å²) >= 11 is 0. The molecule has 3 aromatic rings. The molecular weight excluding hydrogens is 405 g/mol. The highest BCUT2D eigenvalue weighted by molar-refractivity contribution is 7.54. The number of alkyl carbamates (subject to hydrolysis) is 1. The highest BCUT2D eigenvalue weighted by Gasteiger charge is 2.36. The molecule has 7 nitrogen and oxygen atoms in total. The molecule has 0 aliphatic rings. The number of aromatic hydroxyl groups is 1. The van der Waals surface area contributed by atoms with Gasteiger partial charge in [0.1, 0.15) is 23.9 Å². The fraction of sp³-hybridized carbons (Fsp3) is 0.136. The number of phenols is 1. The minimum Gasteiger partial charge on any atom is -0.508 e. The van der Waals surface area contributed by atoms with Crippen LogP contribution in [0.25, 0.3) is 0 Å². The lowest BCUT2D eigenvalue weighted by Crippen LogP contribution is -2.37. The zero-order valence-corrected chi connectivity index (χ0v) is 16.9. The van der Waals surface area contributed by atoms with Crippen molar-refractivity contribution in [3.05, 3.63) is 96.1 Å². The number of hydrogen-bond donors (Lipinski definition) is 3. The number of phenolic OH excluding ortho intramolecular Hbond substituents is 1. The van der Waals surface area contributed by atoms with E-state index in [-0.39, 0.29) is 24.5 Å². The topological polar surface area (TPSA) is 105 Å². The van der Waals surface area contributed by atoms with E-state index in [0.29, 0.717) is 5.56 Å². The van der Waals surface area contributed by atoms with Gasteiger partial charge in [-0.2, -0.15) is 0 Å². The number of hydrogen-bond acceptors (Lipinski definition) is 5. The second kappa shape index (κ2) is 9.96. The van der Waals surface area contributed by atoms with Crippen molar-refractivity contribution in [1.82, 2.24) is 5.32 Å². The summed E-state index contributed by atoms with van der Waals surface area (Å²) in [5.74, 6) is -0.984. The Balaban J connectivity index is 1.73. The average molecular weight is 427 g/mol. The van der Waals surface area contributed by atoms with E-state index in [4.69, 9.17) is 9.26 Å². The van der Waals surface area contributed by atoms with Crippen LogP contribution in [0.5, 0.6) is 11.5 Å². The van der Waals surface area contributed by atoms with E-state index in [9.17, 15) is 19.4 Å².